The molecule has 0 aliphatic carbocycles. The molecule has 29 heavy (non-hydrogen) atoms. The van der Waals surface area contributed by atoms with Crippen LogP contribution in [0.5, 0.6) is 5.75 Å². The Morgan fingerprint density at radius 1 is 1.24 bits per heavy atom. The topological polar surface area (TPSA) is 47.4 Å². The summed E-state index contributed by atoms with van der Waals surface area (Å²) in [5, 5.41) is 4.22. The standard InChI is InChI=1S/C21H21F2N3O2S/c1-25(11-13-5-8-19(29-4)18(9-13)28-3)21(27)16-12-26(2)24-20(16)15-7-6-14(22)10-17(15)23/h5-10,12H,11H2,1-4H3. The zero-order valence-electron chi connectivity index (χ0n) is 16.6. The lowest BCUT2D eigenvalue weighted by Gasteiger charge is -2.18. The molecule has 1 heterocycles. The third kappa shape index (κ3) is 4.42. The molecule has 8 heteroatoms. The van der Waals surface area contributed by atoms with E-state index < -0.39 is 11.6 Å². The molecule has 0 bridgehead atoms. The summed E-state index contributed by atoms with van der Waals surface area (Å²) in [7, 11) is 4.91. The highest BCUT2D eigenvalue weighted by Gasteiger charge is 2.23. The fraction of sp³-hybridized carbons (Fsp3) is 0.238. The highest BCUT2D eigenvalue weighted by atomic mass is 32.2. The van der Waals surface area contributed by atoms with Gasteiger partial charge >= 0.3 is 0 Å². The molecule has 1 aromatic heterocycles. The molecule has 0 radical (unpaired) electrons. The summed E-state index contributed by atoms with van der Waals surface area (Å²) in [5.74, 6) is -1.02. The van der Waals surface area contributed by atoms with Crippen molar-refractivity contribution in [3.8, 4) is 17.0 Å². The zero-order chi connectivity index (χ0) is 21.1. The van der Waals surface area contributed by atoms with Crippen molar-refractivity contribution in [1.29, 1.82) is 0 Å². The van der Waals surface area contributed by atoms with Gasteiger partial charge in [0.05, 0.1) is 12.7 Å². The maximum atomic E-state index is 14.3. The summed E-state index contributed by atoms with van der Waals surface area (Å²) in [6, 6.07) is 8.98. The number of amides is 1. The summed E-state index contributed by atoms with van der Waals surface area (Å²) < 4.78 is 34.4. The lowest BCUT2D eigenvalue weighted by Crippen LogP contribution is -2.26. The van der Waals surface area contributed by atoms with Crippen LogP contribution in [-0.4, -0.2) is 41.0 Å². The van der Waals surface area contributed by atoms with Crippen molar-refractivity contribution in [2.24, 2.45) is 7.05 Å². The van der Waals surface area contributed by atoms with Crippen LogP contribution < -0.4 is 4.74 Å². The predicted molar refractivity (Wildman–Crippen MR) is 109 cm³/mol. The fourth-order valence-corrected chi connectivity index (χ4v) is 3.60. The first kappa shape index (κ1) is 20.9. The van der Waals surface area contributed by atoms with Gasteiger partial charge in [-0.2, -0.15) is 5.10 Å². The average Bonchev–Trinajstić information content (AvgIpc) is 3.08. The number of carbonyl (C=O) groups excluding carboxylic acids is 1. The van der Waals surface area contributed by atoms with Crippen molar-refractivity contribution in [1.82, 2.24) is 14.7 Å². The van der Waals surface area contributed by atoms with E-state index in [1.54, 1.807) is 33.0 Å². The minimum absolute atomic E-state index is 0.0785. The van der Waals surface area contributed by atoms with Crippen molar-refractivity contribution in [2.75, 3.05) is 20.4 Å². The molecule has 5 nitrogen and oxygen atoms in total. The molecule has 0 spiro atoms. The number of nitrogens with zero attached hydrogens (tertiary/aromatic N) is 3. The van der Waals surface area contributed by atoms with Crippen molar-refractivity contribution in [3.05, 3.63) is 65.4 Å². The molecule has 1 amide bonds. The number of carbonyl (C=O) groups is 1. The second-order valence-electron chi connectivity index (χ2n) is 6.54. The number of aryl methyl sites for hydroxylation is 1. The molecule has 3 rings (SSSR count). The van der Waals surface area contributed by atoms with E-state index in [0.717, 1.165) is 28.3 Å². The van der Waals surface area contributed by atoms with Gasteiger partial charge in [0.25, 0.3) is 5.91 Å². The molecule has 0 saturated heterocycles. The lowest BCUT2D eigenvalue weighted by molar-refractivity contribution is 0.0785. The van der Waals surface area contributed by atoms with Crippen LogP contribution in [0.25, 0.3) is 11.3 Å². The Morgan fingerprint density at radius 3 is 2.66 bits per heavy atom. The molecule has 0 atom stereocenters. The number of hydrogen-bond donors (Lipinski definition) is 0. The second-order valence-corrected chi connectivity index (χ2v) is 7.39. The number of benzene rings is 2. The summed E-state index contributed by atoms with van der Waals surface area (Å²) in [5.41, 5.74) is 1.40. The van der Waals surface area contributed by atoms with E-state index in [-0.39, 0.29) is 22.7 Å². The monoisotopic (exact) mass is 417 g/mol. The Balaban J connectivity index is 1.89. The Hall–Kier alpha value is -2.87. The van der Waals surface area contributed by atoms with E-state index in [2.05, 4.69) is 5.10 Å². The molecule has 0 unspecified atom stereocenters. The van der Waals surface area contributed by atoms with Gasteiger partial charge in [-0.3, -0.25) is 9.48 Å². The SMILES string of the molecule is COc1cc(CN(C)C(=O)c2cn(C)nc2-c2ccc(F)cc2F)ccc1SC. The normalized spacial score (nSPS) is 10.8. The number of ether oxygens (including phenoxy) is 1. The molecule has 2 aromatic carbocycles. The van der Waals surface area contributed by atoms with Crippen LogP contribution in [0.4, 0.5) is 8.78 Å². The van der Waals surface area contributed by atoms with Gasteiger partial charge in [0.1, 0.15) is 23.1 Å². The number of aromatic nitrogens is 2. The number of thioether (sulfide) groups is 1. The van der Waals surface area contributed by atoms with E-state index in [4.69, 9.17) is 4.74 Å². The Kier molecular flexibility index (Phi) is 6.22. The number of methoxy groups -OCH3 is 1. The first-order valence-corrected chi connectivity index (χ1v) is 10.0. The third-order valence-electron chi connectivity index (χ3n) is 4.46. The van der Waals surface area contributed by atoms with E-state index in [1.807, 2.05) is 24.5 Å². The summed E-state index contributed by atoms with van der Waals surface area (Å²) in [4.78, 5) is 15.6. The first-order chi connectivity index (χ1) is 13.8. The Labute approximate surface area is 172 Å². The van der Waals surface area contributed by atoms with Crippen LogP contribution in [0, 0.1) is 11.6 Å². The minimum Gasteiger partial charge on any atom is -0.496 e. The summed E-state index contributed by atoms with van der Waals surface area (Å²) in [6.07, 6.45) is 3.50. The predicted octanol–water partition coefficient (Wildman–Crippen LogP) is 4.37. The van der Waals surface area contributed by atoms with Crippen LogP contribution in [0.2, 0.25) is 0 Å². The number of hydrogen-bond acceptors (Lipinski definition) is 4. The Bertz CT molecular complexity index is 1050. The third-order valence-corrected chi connectivity index (χ3v) is 5.24. The smallest absolute Gasteiger partial charge is 0.257 e. The largest absolute Gasteiger partial charge is 0.496 e. The van der Waals surface area contributed by atoms with Gasteiger partial charge in [0.15, 0.2) is 0 Å². The van der Waals surface area contributed by atoms with Crippen molar-refractivity contribution < 1.29 is 18.3 Å². The zero-order valence-corrected chi connectivity index (χ0v) is 17.4. The van der Waals surface area contributed by atoms with Gasteiger partial charge in [-0.25, -0.2) is 8.78 Å². The maximum Gasteiger partial charge on any atom is 0.257 e. The molecule has 0 N–H and O–H groups in total. The van der Waals surface area contributed by atoms with Crippen LogP contribution >= 0.6 is 11.8 Å². The number of rotatable bonds is 6. The van der Waals surface area contributed by atoms with Crippen LogP contribution in [0.1, 0.15) is 15.9 Å². The van der Waals surface area contributed by atoms with E-state index >= 15 is 0 Å². The van der Waals surface area contributed by atoms with Crippen LogP contribution in [0.15, 0.2) is 47.5 Å². The van der Waals surface area contributed by atoms with Gasteiger partial charge in [-0.1, -0.05) is 6.07 Å². The van der Waals surface area contributed by atoms with Gasteiger partial charge in [0, 0.05) is 43.4 Å². The maximum absolute atomic E-state index is 14.3. The Morgan fingerprint density at radius 2 is 2.00 bits per heavy atom. The molecule has 0 aliphatic heterocycles. The van der Waals surface area contributed by atoms with Crippen molar-refractivity contribution in [3.63, 3.8) is 0 Å². The van der Waals surface area contributed by atoms with Gasteiger partial charge in [0.2, 0.25) is 0 Å². The lowest BCUT2D eigenvalue weighted by atomic mass is 10.1. The second kappa shape index (κ2) is 8.65. The molecular formula is C21H21F2N3O2S. The van der Waals surface area contributed by atoms with Gasteiger partial charge in [-0.05, 0) is 36.1 Å². The summed E-state index contributed by atoms with van der Waals surface area (Å²) >= 11 is 1.58. The molecule has 3 aromatic rings. The average molecular weight is 417 g/mol. The molecule has 0 aliphatic rings. The highest BCUT2D eigenvalue weighted by Crippen LogP contribution is 2.30. The van der Waals surface area contributed by atoms with Crippen molar-refractivity contribution >= 4 is 17.7 Å². The highest BCUT2D eigenvalue weighted by molar-refractivity contribution is 7.98. The molecule has 0 fully saturated rings. The van der Waals surface area contributed by atoms with E-state index in [0.29, 0.717) is 6.54 Å². The first-order valence-electron chi connectivity index (χ1n) is 8.79. The van der Waals surface area contributed by atoms with Gasteiger partial charge in [-0.15, -0.1) is 11.8 Å². The summed E-state index contributed by atoms with van der Waals surface area (Å²) in [6.45, 7) is 0.337. The fourth-order valence-electron chi connectivity index (χ4n) is 3.06. The minimum atomic E-state index is -0.766. The molecular weight excluding hydrogens is 396 g/mol. The molecule has 152 valence electrons. The van der Waals surface area contributed by atoms with E-state index in [9.17, 15) is 13.6 Å². The molecule has 0 saturated carbocycles. The van der Waals surface area contributed by atoms with Gasteiger partial charge < -0.3 is 9.64 Å². The number of halogens is 2. The van der Waals surface area contributed by atoms with E-state index in [1.165, 1.54) is 21.8 Å². The quantitative estimate of drug-likeness (QED) is 0.559. The van der Waals surface area contributed by atoms with Crippen LogP contribution in [0.3, 0.4) is 0 Å². The van der Waals surface area contributed by atoms with Crippen LogP contribution in [-0.2, 0) is 13.6 Å². The van der Waals surface area contributed by atoms with Crippen molar-refractivity contribution in [2.45, 2.75) is 11.4 Å².